The Kier molecular flexibility index (Phi) is 6.84. The number of hydrogen-bond donors (Lipinski definition) is 2. The molecule has 2 aromatic carbocycles. The summed E-state index contributed by atoms with van der Waals surface area (Å²) in [5.74, 6) is -0.0167. The molecule has 0 radical (unpaired) electrons. The van der Waals surface area contributed by atoms with Gasteiger partial charge in [-0.3, -0.25) is 14.5 Å². The quantitative estimate of drug-likeness (QED) is 0.536. The number of nitrogens with zero attached hydrogens (tertiary/aromatic N) is 1. The van der Waals surface area contributed by atoms with Crippen LogP contribution < -0.4 is 5.32 Å². The Morgan fingerprint density at radius 3 is 2.57 bits per heavy atom. The molecular weight excluding hydrogens is 392 g/mol. The van der Waals surface area contributed by atoms with Crippen LogP contribution in [0.3, 0.4) is 0 Å². The summed E-state index contributed by atoms with van der Waals surface area (Å²) in [4.78, 5) is 26.7. The predicted octanol–water partition coefficient (Wildman–Crippen LogP) is 3.69. The predicted molar refractivity (Wildman–Crippen MR) is 116 cm³/mol. The molecule has 1 heterocycles. The minimum Gasteiger partial charge on any atom is -0.508 e. The van der Waals surface area contributed by atoms with Crippen LogP contribution in [0.15, 0.2) is 59.5 Å². The molecule has 1 saturated heterocycles. The van der Waals surface area contributed by atoms with E-state index < -0.39 is 0 Å². The molecule has 1 fully saturated rings. The van der Waals surface area contributed by atoms with E-state index in [4.69, 9.17) is 12.2 Å². The van der Waals surface area contributed by atoms with E-state index in [-0.39, 0.29) is 17.6 Å². The lowest BCUT2D eigenvalue weighted by atomic mass is 10.2. The highest BCUT2D eigenvalue weighted by atomic mass is 32.2. The fraction of sp³-hybridized carbons (Fsp3) is 0.190. The fourth-order valence-corrected chi connectivity index (χ4v) is 4.01. The highest BCUT2D eigenvalue weighted by Gasteiger charge is 2.31. The lowest BCUT2D eigenvalue weighted by Crippen LogP contribution is -2.30. The van der Waals surface area contributed by atoms with Crippen molar-refractivity contribution in [1.82, 2.24) is 10.2 Å². The number of carbonyl (C=O) groups is 2. The molecule has 0 aliphatic carbocycles. The Morgan fingerprint density at radius 2 is 1.86 bits per heavy atom. The van der Waals surface area contributed by atoms with Gasteiger partial charge in [-0.05, 0) is 35.8 Å². The van der Waals surface area contributed by atoms with Gasteiger partial charge in [-0.15, -0.1) is 0 Å². The van der Waals surface area contributed by atoms with E-state index in [9.17, 15) is 14.7 Å². The summed E-state index contributed by atoms with van der Waals surface area (Å²) in [5, 5.41) is 12.2. The standard InChI is InChI=1S/C21H20N2O3S2/c24-17-10-8-15(9-11-17)13-18-20(26)23(21(27)28-18)12-4-7-19(25)22-14-16-5-2-1-3-6-16/h1-3,5-6,8-11,13,24H,4,7,12,14H2,(H,22,25)/b18-13-. The Balaban J connectivity index is 1.48. The number of amides is 2. The van der Waals surface area contributed by atoms with Crippen LogP contribution >= 0.6 is 24.0 Å². The molecule has 0 bridgehead atoms. The minimum atomic E-state index is -0.146. The zero-order valence-corrected chi connectivity index (χ0v) is 16.8. The number of hydrogen-bond acceptors (Lipinski definition) is 5. The SMILES string of the molecule is O=C(CCCN1C(=O)/C(=C/c2ccc(O)cc2)SC1=S)NCc1ccccc1. The van der Waals surface area contributed by atoms with Gasteiger partial charge in [0.15, 0.2) is 0 Å². The molecule has 1 aliphatic rings. The number of benzene rings is 2. The van der Waals surface area contributed by atoms with Crippen molar-refractivity contribution in [2.45, 2.75) is 19.4 Å². The van der Waals surface area contributed by atoms with Crippen molar-refractivity contribution >= 4 is 46.2 Å². The molecule has 0 spiro atoms. The second-order valence-electron chi connectivity index (χ2n) is 6.29. The fourth-order valence-electron chi connectivity index (χ4n) is 2.70. The summed E-state index contributed by atoms with van der Waals surface area (Å²) in [5.41, 5.74) is 1.87. The molecule has 28 heavy (non-hydrogen) atoms. The second kappa shape index (κ2) is 9.52. The maximum absolute atomic E-state index is 12.6. The van der Waals surface area contributed by atoms with E-state index in [0.717, 1.165) is 11.1 Å². The van der Waals surface area contributed by atoms with Crippen molar-refractivity contribution < 1.29 is 14.7 Å². The van der Waals surface area contributed by atoms with Gasteiger partial charge in [-0.2, -0.15) is 0 Å². The van der Waals surface area contributed by atoms with E-state index in [2.05, 4.69) is 5.32 Å². The van der Waals surface area contributed by atoms with Crippen LogP contribution in [-0.4, -0.2) is 32.7 Å². The summed E-state index contributed by atoms with van der Waals surface area (Å²) in [6, 6.07) is 16.3. The number of carbonyl (C=O) groups excluding carboxylic acids is 2. The van der Waals surface area contributed by atoms with Crippen LogP contribution in [-0.2, 0) is 16.1 Å². The molecule has 2 amide bonds. The average molecular weight is 413 g/mol. The van der Waals surface area contributed by atoms with Crippen molar-refractivity contribution in [3.05, 3.63) is 70.6 Å². The van der Waals surface area contributed by atoms with Gasteiger partial charge in [0.2, 0.25) is 5.91 Å². The first-order valence-electron chi connectivity index (χ1n) is 8.88. The van der Waals surface area contributed by atoms with Crippen LogP contribution in [0.2, 0.25) is 0 Å². The molecule has 0 aromatic heterocycles. The van der Waals surface area contributed by atoms with Gasteiger partial charge in [0.1, 0.15) is 10.1 Å². The van der Waals surface area contributed by atoms with Crippen LogP contribution in [0.25, 0.3) is 6.08 Å². The van der Waals surface area contributed by atoms with Crippen molar-refractivity contribution in [2.24, 2.45) is 0 Å². The smallest absolute Gasteiger partial charge is 0.266 e. The molecule has 5 nitrogen and oxygen atoms in total. The third kappa shape index (κ3) is 5.43. The minimum absolute atomic E-state index is 0.0473. The first kappa shape index (κ1) is 20.1. The average Bonchev–Trinajstić information content (AvgIpc) is 2.96. The number of phenols is 1. The zero-order valence-electron chi connectivity index (χ0n) is 15.1. The Morgan fingerprint density at radius 1 is 1.14 bits per heavy atom. The molecule has 0 atom stereocenters. The summed E-state index contributed by atoms with van der Waals surface area (Å²) >= 11 is 6.57. The van der Waals surface area contributed by atoms with Gasteiger partial charge in [0.25, 0.3) is 5.91 Å². The third-order valence-corrected chi connectivity index (χ3v) is 5.56. The molecule has 2 N–H and O–H groups in total. The monoisotopic (exact) mass is 412 g/mol. The zero-order chi connectivity index (χ0) is 19.9. The van der Waals surface area contributed by atoms with Crippen molar-refractivity contribution in [3.8, 4) is 5.75 Å². The maximum atomic E-state index is 12.6. The molecule has 0 saturated carbocycles. The first-order valence-corrected chi connectivity index (χ1v) is 10.1. The van der Waals surface area contributed by atoms with Crippen LogP contribution in [0.5, 0.6) is 5.75 Å². The highest BCUT2D eigenvalue weighted by Crippen LogP contribution is 2.32. The van der Waals surface area contributed by atoms with Gasteiger partial charge >= 0.3 is 0 Å². The Bertz CT molecular complexity index is 896. The van der Waals surface area contributed by atoms with Gasteiger partial charge in [-0.1, -0.05) is 66.4 Å². The van der Waals surface area contributed by atoms with E-state index in [1.54, 1.807) is 30.3 Å². The Hall–Kier alpha value is -2.64. The summed E-state index contributed by atoms with van der Waals surface area (Å²) in [7, 11) is 0. The third-order valence-electron chi connectivity index (χ3n) is 4.18. The molecule has 7 heteroatoms. The van der Waals surface area contributed by atoms with Gasteiger partial charge in [0.05, 0.1) is 4.91 Å². The molecule has 3 rings (SSSR count). The summed E-state index contributed by atoms with van der Waals surface area (Å²) in [6.07, 6.45) is 2.63. The molecule has 2 aromatic rings. The first-order chi connectivity index (χ1) is 13.5. The lowest BCUT2D eigenvalue weighted by molar-refractivity contribution is -0.124. The number of rotatable bonds is 7. The lowest BCUT2D eigenvalue weighted by Gasteiger charge is -2.14. The Labute approximate surface area is 173 Å². The van der Waals surface area contributed by atoms with E-state index in [1.165, 1.54) is 16.7 Å². The topological polar surface area (TPSA) is 69.6 Å². The molecular formula is C21H20N2O3S2. The van der Waals surface area contributed by atoms with Crippen molar-refractivity contribution in [2.75, 3.05) is 6.54 Å². The summed E-state index contributed by atoms with van der Waals surface area (Å²) < 4.78 is 0.500. The number of aromatic hydroxyl groups is 1. The van der Waals surface area contributed by atoms with Gasteiger partial charge in [-0.25, -0.2) is 0 Å². The highest BCUT2D eigenvalue weighted by molar-refractivity contribution is 8.26. The van der Waals surface area contributed by atoms with Crippen LogP contribution in [0, 0.1) is 0 Å². The van der Waals surface area contributed by atoms with Crippen molar-refractivity contribution in [3.63, 3.8) is 0 Å². The molecule has 1 aliphatic heterocycles. The second-order valence-corrected chi connectivity index (χ2v) is 7.97. The van der Waals surface area contributed by atoms with E-state index in [0.29, 0.717) is 35.2 Å². The number of nitrogens with one attached hydrogen (secondary N) is 1. The maximum Gasteiger partial charge on any atom is 0.266 e. The van der Waals surface area contributed by atoms with E-state index in [1.807, 2.05) is 30.3 Å². The van der Waals surface area contributed by atoms with E-state index >= 15 is 0 Å². The largest absolute Gasteiger partial charge is 0.508 e. The summed E-state index contributed by atoms with van der Waals surface area (Å²) in [6.45, 7) is 0.909. The molecule has 0 unspecified atom stereocenters. The normalized spacial score (nSPS) is 15.3. The van der Waals surface area contributed by atoms with Gasteiger partial charge < -0.3 is 10.4 Å². The van der Waals surface area contributed by atoms with Crippen LogP contribution in [0.1, 0.15) is 24.0 Å². The van der Waals surface area contributed by atoms with Crippen molar-refractivity contribution in [1.29, 1.82) is 0 Å². The number of thioether (sulfide) groups is 1. The molecule has 144 valence electrons. The van der Waals surface area contributed by atoms with Crippen LogP contribution in [0.4, 0.5) is 0 Å². The number of thiocarbonyl (C=S) groups is 1. The van der Waals surface area contributed by atoms with Gasteiger partial charge in [0, 0.05) is 19.5 Å². The number of phenolic OH excluding ortho intramolecular Hbond substituents is 1.